The molecule has 2 heterocycles. The third kappa shape index (κ3) is 4.47. The second kappa shape index (κ2) is 9.96. The second-order valence-electron chi connectivity index (χ2n) is 9.88. The van der Waals surface area contributed by atoms with E-state index in [1.165, 1.54) is 18.2 Å². The third-order valence-corrected chi connectivity index (χ3v) is 7.44. The van der Waals surface area contributed by atoms with Crippen molar-refractivity contribution in [1.29, 1.82) is 0 Å². The van der Waals surface area contributed by atoms with Gasteiger partial charge in [0.2, 0.25) is 0 Å². The molecule has 0 spiro atoms. The van der Waals surface area contributed by atoms with Crippen LogP contribution in [0.3, 0.4) is 0 Å². The van der Waals surface area contributed by atoms with Crippen LogP contribution in [0.1, 0.15) is 28.2 Å². The molecule has 1 aliphatic heterocycles. The van der Waals surface area contributed by atoms with E-state index in [-0.39, 0.29) is 35.3 Å². The highest BCUT2D eigenvalue weighted by Gasteiger charge is 2.27. The topological polar surface area (TPSA) is 122 Å². The van der Waals surface area contributed by atoms with Gasteiger partial charge in [0.25, 0.3) is 0 Å². The summed E-state index contributed by atoms with van der Waals surface area (Å²) in [6, 6.07) is 18.6. The smallest absolute Gasteiger partial charge is 0.142 e. The molecule has 204 valence electrons. The van der Waals surface area contributed by atoms with Gasteiger partial charge in [0.15, 0.2) is 0 Å². The van der Waals surface area contributed by atoms with Gasteiger partial charge in [-0.3, -0.25) is 0 Å². The maximum Gasteiger partial charge on any atom is 0.142 e. The van der Waals surface area contributed by atoms with Crippen LogP contribution in [-0.2, 0) is 12.8 Å². The monoisotopic (exact) mass is 540 g/mol. The Morgan fingerprint density at radius 1 is 0.800 bits per heavy atom. The molecule has 0 bridgehead atoms. The molecule has 5 aromatic rings. The maximum atomic E-state index is 10.9. The normalized spacial score (nSPS) is 14.5. The molecule has 1 atom stereocenters. The van der Waals surface area contributed by atoms with Gasteiger partial charge in [-0.05, 0) is 53.9 Å². The Morgan fingerprint density at radius 2 is 1.57 bits per heavy atom. The van der Waals surface area contributed by atoms with E-state index in [9.17, 15) is 20.4 Å². The van der Waals surface area contributed by atoms with Crippen LogP contribution >= 0.6 is 0 Å². The van der Waals surface area contributed by atoms with Crippen molar-refractivity contribution >= 4 is 11.0 Å². The number of aromatic hydroxyl groups is 4. The van der Waals surface area contributed by atoms with Crippen LogP contribution in [0.25, 0.3) is 22.3 Å². The summed E-state index contributed by atoms with van der Waals surface area (Å²) in [6.07, 6.45) is 0.896. The molecular formula is C32H28O8. The lowest BCUT2D eigenvalue weighted by Crippen LogP contribution is -2.19. The summed E-state index contributed by atoms with van der Waals surface area (Å²) in [5.41, 5.74) is 3.91. The minimum Gasteiger partial charge on any atom is -0.508 e. The SMILES string of the molecule is COc1ccc2c(c1)OCC(c1cc(Cc3c(-c4ccc(O)cc4O)oc4cc(OC)ccc34)c(O)cc1O)C2. The number of phenolic OH excluding ortho intramolecular Hbond substituents is 4. The van der Waals surface area contributed by atoms with Gasteiger partial charge in [-0.15, -0.1) is 0 Å². The minimum absolute atomic E-state index is 0.00926. The Labute approximate surface area is 230 Å². The number of furan rings is 1. The average molecular weight is 541 g/mol. The van der Waals surface area contributed by atoms with Gasteiger partial charge >= 0.3 is 0 Å². The molecule has 0 saturated carbocycles. The highest BCUT2D eigenvalue weighted by Crippen LogP contribution is 2.44. The largest absolute Gasteiger partial charge is 0.508 e. The molecule has 1 aliphatic rings. The zero-order valence-electron chi connectivity index (χ0n) is 22.0. The van der Waals surface area contributed by atoms with Gasteiger partial charge in [0.05, 0.1) is 26.4 Å². The number of phenols is 4. The average Bonchev–Trinajstić information content (AvgIpc) is 3.30. The predicted molar refractivity (Wildman–Crippen MR) is 149 cm³/mol. The van der Waals surface area contributed by atoms with Crippen LogP contribution in [0.15, 0.2) is 71.1 Å². The first-order valence-corrected chi connectivity index (χ1v) is 12.8. The van der Waals surface area contributed by atoms with Gasteiger partial charge in [-0.25, -0.2) is 0 Å². The molecule has 0 radical (unpaired) electrons. The molecule has 8 nitrogen and oxygen atoms in total. The molecule has 1 aromatic heterocycles. The van der Waals surface area contributed by atoms with Gasteiger partial charge in [0, 0.05) is 53.1 Å². The van der Waals surface area contributed by atoms with E-state index < -0.39 is 0 Å². The summed E-state index contributed by atoms with van der Waals surface area (Å²) >= 11 is 0. The van der Waals surface area contributed by atoms with E-state index in [4.69, 9.17) is 18.6 Å². The molecular weight excluding hydrogens is 512 g/mol. The molecule has 0 aliphatic carbocycles. The molecule has 8 heteroatoms. The fourth-order valence-electron chi connectivity index (χ4n) is 5.34. The molecule has 1 unspecified atom stereocenters. The van der Waals surface area contributed by atoms with E-state index in [0.717, 1.165) is 22.3 Å². The number of ether oxygens (including phenoxy) is 3. The Balaban J connectivity index is 1.42. The molecule has 0 saturated heterocycles. The molecule has 6 rings (SSSR count). The van der Waals surface area contributed by atoms with Crippen molar-refractivity contribution in [3.63, 3.8) is 0 Å². The third-order valence-electron chi connectivity index (χ3n) is 7.44. The van der Waals surface area contributed by atoms with Crippen LogP contribution < -0.4 is 14.2 Å². The summed E-state index contributed by atoms with van der Waals surface area (Å²) in [5.74, 6) is 2.06. The number of fused-ring (bicyclic) bond motifs is 2. The van der Waals surface area contributed by atoms with Crippen molar-refractivity contribution in [2.45, 2.75) is 18.8 Å². The highest BCUT2D eigenvalue weighted by atomic mass is 16.5. The fourth-order valence-corrected chi connectivity index (χ4v) is 5.34. The van der Waals surface area contributed by atoms with E-state index in [1.54, 1.807) is 32.4 Å². The Bertz CT molecular complexity index is 1740. The lowest BCUT2D eigenvalue weighted by atomic mass is 9.87. The minimum atomic E-state index is -0.141. The zero-order valence-corrected chi connectivity index (χ0v) is 22.0. The van der Waals surface area contributed by atoms with Crippen molar-refractivity contribution in [2.75, 3.05) is 20.8 Å². The summed E-state index contributed by atoms with van der Waals surface area (Å²) in [4.78, 5) is 0. The predicted octanol–water partition coefficient (Wildman–Crippen LogP) is 6.25. The van der Waals surface area contributed by atoms with Crippen molar-refractivity contribution in [1.82, 2.24) is 0 Å². The molecule has 0 amide bonds. The van der Waals surface area contributed by atoms with Crippen LogP contribution in [0.2, 0.25) is 0 Å². The van der Waals surface area contributed by atoms with Gasteiger partial charge in [-0.1, -0.05) is 6.07 Å². The van der Waals surface area contributed by atoms with Gasteiger partial charge in [0.1, 0.15) is 51.6 Å². The van der Waals surface area contributed by atoms with Crippen molar-refractivity contribution in [3.05, 3.63) is 89.0 Å². The van der Waals surface area contributed by atoms with Crippen LogP contribution in [0.5, 0.6) is 40.2 Å². The lowest BCUT2D eigenvalue weighted by molar-refractivity contribution is 0.258. The van der Waals surface area contributed by atoms with E-state index in [0.29, 0.717) is 52.6 Å². The van der Waals surface area contributed by atoms with Crippen LogP contribution in [0.4, 0.5) is 0 Å². The highest BCUT2D eigenvalue weighted by molar-refractivity contribution is 5.90. The molecule has 0 fully saturated rings. The first-order chi connectivity index (χ1) is 19.3. The first kappa shape index (κ1) is 25.3. The van der Waals surface area contributed by atoms with E-state index in [1.807, 2.05) is 30.3 Å². The summed E-state index contributed by atoms with van der Waals surface area (Å²) in [7, 11) is 3.18. The van der Waals surface area contributed by atoms with Crippen LogP contribution in [0, 0.1) is 0 Å². The lowest BCUT2D eigenvalue weighted by Gasteiger charge is -2.27. The number of benzene rings is 4. The zero-order chi connectivity index (χ0) is 28.0. The number of hydrogen-bond donors (Lipinski definition) is 4. The van der Waals surface area contributed by atoms with Crippen molar-refractivity contribution in [3.8, 4) is 51.6 Å². The Kier molecular flexibility index (Phi) is 6.30. The van der Waals surface area contributed by atoms with Crippen LogP contribution in [-0.4, -0.2) is 41.3 Å². The quantitative estimate of drug-likeness (QED) is 0.199. The number of rotatable bonds is 6. The molecule has 4 aromatic carbocycles. The van der Waals surface area contributed by atoms with Crippen molar-refractivity contribution in [2.24, 2.45) is 0 Å². The van der Waals surface area contributed by atoms with E-state index >= 15 is 0 Å². The second-order valence-corrected chi connectivity index (χ2v) is 9.88. The molecule has 4 N–H and O–H groups in total. The van der Waals surface area contributed by atoms with E-state index in [2.05, 4.69) is 0 Å². The standard InChI is InChI=1S/C32H28O8/c1-37-21-5-3-17-9-19(16-39-30(17)13-21)25-10-18(27(34)15-29(25)36)11-26-23-8-6-22(38-2)14-31(23)40-32(26)24-7-4-20(33)12-28(24)35/h3-8,10,12-15,19,33-36H,9,11,16H2,1-2H3. The number of hydrogen-bond acceptors (Lipinski definition) is 8. The Hall–Kier alpha value is -4.98. The first-order valence-electron chi connectivity index (χ1n) is 12.8. The van der Waals surface area contributed by atoms with Gasteiger partial charge < -0.3 is 39.1 Å². The summed E-state index contributed by atoms with van der Waals surface area (Å²) in [5, 5.41) is 43.0. The van der Waals surface area contributed by atoms with Crippen molar-refractivity contribution < 1.29 is 39.1 Å². The summed E-state index contributed by atoms with van der Waals surface area (Å²) in [6.45, 7) is 0.360. The molecule has 40 heavy (non-hydrogen) atoms. The number of methoxy groups -OCH3 is 2. The summed E-state index contributed by atoms with van der Waals surface area (Å²) < 4.78 is 22.9. The fraction of sp³-hybridized carbons (Fsp3) is 0.188. The maximum absolute atomic E-state index is 10.9. The van der Waals surface area contributed by atoms with Gasteiger partial charge in [-0.2, -0.15) is 0 Å². The Morgan fingerprint density at radius 3 is 2.35 bits per heavy atom.